The zero-order chi connectivity index (χ0) is 19.4. The number of carbonyl (C=O) groups is 1. The van der Waals surface area contributed by atoms with Crippen LogP contribution in [0.4, 0.5) is 5.69 Å². The minimum Gasteiger partial charge on any atom is -0.342 e. The van der Waals surface area contributed by atoms with Crippen LogP contribution in [0.3, 0.4) is 0 Å². The van der Waals surface area contributed by atoms with E-state index < -0.39 is 42.3 Å². The van der Waals surface area contributed by atoms with Crippen LogP contribution in [0.25, 0.3) is 0 Å². The van der Waals surface area contributed by atoms with E-state index in [9.17, 15) is 4.79 Å². The third-order valence-corrected chi connectivity index (χ3v) is 5.57. The van der Waals surface area contributed by atoms with E-state index in [1.807, 2.05) is 58.2 Å². The highest BCUT2D eigenvalue weighted by Crippen LogP contribution is 2.44. The second-order valence-electron chi connectivity index (χ2n) is 7.78. The Bertz CT molecular complexity index is 739. The maximum Gasteiger partial charge on any atom is 0.256 e. The Labute approximate surface area is 163 Å². The number of carbonyl (C=O) groups excluding carboxylic acids is 1. The van der Waals surface area contributed by atoms with Crippen molar-refractivity contribution >= 4 is 23.4 Å². The zero-order valence-electron chi connectivity index (χ0n) is 16.1. The van der Waals surface area contributed by atoms with E-state index in [4.69, 9.17) is 23.7 Å². The van der Waals surface area contributed by atoms with Crippen molar-refractivity contribution in [1.82, 2.24) is 0 Å². The van der Waals surface area contributed by atoms with Gasteiger partial charge in [-0.25, -0.2) is 0 Å². The highest BCUT2D eigenvalue weighted by Gasteiger charge is 2.62. The Kier molecular flexibility index (Phi) is 4.77. The average molecular weight is 395 g/mol. The molecular weight excluding hydrogens is 370 g/mol. The number of anilines is 1. The van der Waals surface area contributed by atoms with Gasteiger partial charge in [0.25, 0.3) is 5.91 Å². The lowest BCUT2D eigenvalue weighted by molar-refractivity contribution is -0.229. The van der Waals surface area contributed by atoms with Gasteiger partial charge in [0.15, 0.2) is 24.0 Å². The summed E-state index contributed by atoms with van der Waals surface area (Å²) in [5, 5.41) is 2.96. The lowest BCUT2D eigenvalue weighted by Gasteiger charge is -2.36. The third kappa shape index (κ3) is 3.62. The van der Waals surface area contributed by atoms with Crippen LogP contribution in [0, 0.1) is 0 Å². The van der Waals surface area contributed by atoms with Crippen LogP contribution in [0.1, 0.15) is 27.7 Å². The van der Waals surface area contributed by atoms with Gasteiger partial charge >= 0.3 is 0 Å². The molecule has 0 unspecified atom stereocenters. The van der Waals surface area contributed by atoms with Gasteiger partial charge in [-0.05, 0) is 46.1 Å². The van der Waals surface area contributed by atoms with Crippen molar-refractivity contribution in [1.29, 1.82) is 0 Å². The van der Waals surface area contributed by atoms with E-state index in [1.54, 1.807) is 11.8 Å². The summed E-state index contributed by atoms with van der Waals surface area (Å²) in [5.41, 5.74) is 0.736. The fraction of sp³-hybridized carbons (Fsp3) is 0.632. The van der Waals surface area contributed by atoms with Gasteiger partial charge in [0.1, 0.15) is 18.3 Å². The number of amides is 1. The van der Waals surface area contributed by atoms with Gasteiger partial charge in [-0.1, -0.05) is 12.1 Å². The van der Waals surface area contributed by atoms with Crippen LogP contribution < -0.4 is 5.32 Å². The van der Waals surface area contributed by atoms with E-state index >= 15 is 0 Å². The largest absolute Gasteiger partial charge is 0.342 e. The van der Waals surface area contributed by atoms with Crippen LogP contribution >= 0.6 is 11.8 Å². The summed E-state index contributed by atoms with van der Waals surface area (Å²) in [4.78, 5) is 14.0. The van der Waals surface area contributed by atoms with Crippen LogP contribution in [0.5, 0.6) is 0 Å². The van der Waals surface area contributed by atoms with Crippen molar-refractivity contribution in [2.45, 2.75) is 74.9 Å². The first-order valence-corrected chi connectivity index (χ1v) is 10.2. The monoisotopic (exact) mass is 395 g/mol. The molecule has 3 aliphatic rings. The molecule has 148 valence electrons. The molecule has 1 aromatic carbocycles. The Hall–Kier alpha value is -1.16. The normalized spacial score (nSPS) is 36.1. The first-order valence-electron chi connectivity index (χ1n) is 9.00. The van der Waals surface area contributed by atoms with Gasteiger partial charge in [-0.2, -0.15) is 0 Å². The van der Waals surface area contributed by atoms with E-state index in [1.165, 1.54) is 0 Å². The van der Waals surface area contributed by atoms with E-state index in [-0.39, 0.29) is 5.91 Å². The Morgan fingerprint density at radius 3 is 2.33 bits per heavy atom. The molecule has 1 aromatic rings. The average Bonchev–Trinajstić information content (AvgIpc) is 3.08. The smallest absolute Gasteiger partial charge is 0.256 e. The minimum absolute atomic E-state index is 0.292. The second kappa shape index (κ2) is 6.72. The Balaban J connectivity index is 1.59. The lowest BCUT2D eigenvalue weighted by Crippen LogP contribution is -2.58. The summed E-state index contributed by atoms with van der Waals surface area (Å²) in [6.45, 7) is 7.27. The summed E-state index contributed by atoms with van der Waals surface area (Å²) in [7, 11) is 0. The number of para-hydroxylation sites is 1. The van der Waals surface area contributed by atoms with E-state index in [0.29, 0.717) is 0 Å². The number of benzene rings is 1. The summed E-state index contributed by atoms with van der Waals surface area (Å²) in [5.74, 6) is -1.94. The predicted molar refractivity (Wildman–Crippen MR) is 99.4 cm³/mol. The predicted octanol–water partition coefficient (Wildman–Crippen LogP) is 2.74. The van der Waals surface area contributed by atoms with E-state index in [0.717, 1.165) is 10.6 Å². The summed E-state index contributed by atoms with van der Waals surface area (Å²) in [6, 6.07) is 7.63. The SMILES string of the molecule is CSc1ccccc1NC(=O)[C@@H]1O[C@@H]2OC(C)(C)O[C@@H]2[C@H]2OC(C)(C)O[C@H]21. The number of rotatable bonds is 3. The molecule has 3 fully saturated rings. The number of thioether (sulfide) groups is 1. The van der Waals surface area contributed by atoms with Crippen molar-refractivity contribution in [3.63, 3.8) is 0 Å². The molecule has 1 amide bonds. The van der Waals surface area contributed by atoms with Crippen LogP contribution in [0.2, 0.25) is 0 Å². The molecule has 0 aliphatic carbocycles. The van der Waals surface area contributed by atoms with Crippen molar-refractivity contribution in [2.75, 3.05) is 11.6 Å². The van der Waals surface area contributed by atoms with Gasteiger partial charge in [0.05, 0.1) is 5.69 Å². The van der Waals surface area contributed by atoms with Crippen molar-refractivity contribution < 1.29 is 28.5 Å². The second-order valence-corrected chi connectivity index (χ2v) is 8.63. The van der Waals surface area contributed by atoms with Crippen molar-refractivity contribution in [3.8, 4) is 0 Å². The third-order valence-electron chi connectivity index (χ3n) is 4.78. The minimum atomic E-state index is -0.870. The molecular formula is C19H25NO6S. The molecule has 0 radical (unpaired) electrons. The Morgan fingerprint density at radius 2 is 1.59 bits per heavy atom. The first kappa shape index (κ1) is 19.2. The number of hydrogen-bond acceptors (Lipinski definition) is 7. The summed E-state index contributed by atoms with van der Waals surface area (Å²) >= 11 is 1.56. The molecule has 4 rings (SSSR count). The molecule has 0 spiro atoms. The number of ether oxygens (including phenoxy) is 5. The van der Waals surface area contributed by atoms with Crippen LogP contribution in [0.15, 0.2) is 29.2 Å². The topological polar surface area (TPSA) is 75.3 Å². The number of fused-ring (bicyclic) bond motifs is 3. The molecule has 3 heterocycles. The van der Waals surface area contributed by atoms with Gasteiger partial charge in [-0.3, -0.25) is 4.79 Å². The van der Waals surface area contributed by atoms with Crippen molar-refractivity contribution in [3.05, 3.63) is 24.3 Å². The quantitative estimate of drug-likeness (QED) is 0.789. The molecule has 1 N–H and O–H groups in total. The highest BCUT2D eigenvalue weighted by molar-refractivity contribution is 7.98. The molecule has 7 nitrogen and oxygen atoms in total. The maximum atomic E-state index is 13.1. The van der Waals surface area contributed by atoms with Crippen LogP contribution in [-0.4, -0.2) is 54.4 Å². The standard InChI is InChI=1S/C19H25NO6S/c1-18(2)23-12-13(24-18)15-17(26-19(3,4)25-15)22-14(12)16(21)20-10-8-6-7-9-11(10)27-5/h6-9,12-15,17H,1-5H3,(H,20,21)/t12-,13+,14-,15-,17-/m1/s1. The molecule has 3 aliphatic heterocycles. The molecule has 8 heteroatoms. The van der Waals surface area contributed by atoms with Gasteiger partial charge in [-0.15, -0.1) is 11.8 Å². The van der Waals surface area contributed by atoms with Crippen molar-refractivity contribution in [2.24, 2.45) is 0 Å². The van der Waals surface area contributed by atoms with Gasteiger partial charge < -0.3 is 29.0 Å². The lowest BCUT2D eigenvalue weighted by atomic mass is 9.98. The fourth-order valence-corrected chi connectivity index (χ4v) is 4.33. The molecule has 5 atom stereocenters. The zero-order valence-corrected chi connectivity index (χ0v) is 16.9. The van der Waals surface area contributed by atoms with Gasteiger partial charge in [0, 0.05) is 4.90 Å². The molecule has 0 bridgehead atoms. The van der Waals surface area contributed by atoms with Crippen LogP contribution in [-0.2, 0) is 28.5 Å². The summed E-state index contributed by atoms with van der Waals surface area (Å²) in [6.07, 6.45) is -1.08. The van der Waals surface area contributed by atoms with E-state index in [2.05, 4.69) is 5.32 Å². The first-order chi connectivity index (χ1) is 12.7. The number of hydrogen-bond donors (Lipinski definition) is 1. The fourth-order valence-electron chi connectivity index (χ4n) is 3.78. The molecule has 0 aromatic heterocycles. The molecule has 0 saturated carbocycles. The maximum absolute atomic E-state index is 13.1. The number of nitrogens with one attached hydrogen (secondary N) is 1. The molecule has 3 saturated heterocycles. The van der Waals surface area contributed by atoms with Gasteiger partial charge in [0.2, 0.25) is 0 Å². The molecule has 27 heavy (non-hydrogen) atoms. The highest BCUT2D eigenvalue weighted by atomic mass is 32.2. The Morgan fingerprint density at radius 1 is 0.963 bits per heavy atom. The summed E-state index contributed by atoms with van der Waals surface area (Å²) < 4.78 is 29.8.